The maximum absolute atomic E-state index is 14.7. The molecular formula is C30H31F2N7O5. The topological polar surface area (TPSA) is 134 Å². The summed E-state index contributed by atoms with van der Waals surface area (Å²) in [6, 6.07) is 8.22. The van der Waals surface area contributed by atoms with Crippen LogP contribution >= 0.6 is 0 Å². The van der Waals surface area contributed by atoms with Crippen molar-refractivity contribution in [2.75, 3.05) is 67.8 Å². The summed E-state index contributed by atoms with van der Waals surface area (Å²) >= 11 is 0. The van der Waals surface area contributed by atoms with E-state index in [-0.39, 0.29) is 28.5 Å². The van der Waals surface area contributed by atoms with Crippen LogP contribution in [0.3, 0.4) is 0 Å². The first-order chi connectivity index (χ1) is 21.2. The van der Waals surface area contributed by atoms with Gasteiger partial charge in [0.2, 0.25) is 5.91 Å². The molecule has 1 aliphatic heterocycles. The third kappa shape index (κ3) is 6.24. The smallest absolute Gasteiger partial charge is 0.311 e. The summed E-state index contributed by atoms with van der Waals surface area (Å²) < 4.78 is 44.8. The fraction of sp³-hybridized carbons (Fsp3) is 0.267. The molecular weight excluding hydrogens is 576 g/mol. The van der Waals surface area contributed by atoms with Crippen molar-refractivity contribution in [1.82, 2.24) is 14.9 Å². The number of fused-ring (bicyclic) bond motifs is 1. The zero-order chi connectivity index (χ0) is 31.4. The number of halogens is 2. The molecule has 2 aromatic heterocycles. The van der Waals surface area contributed by atoms with Gasteiger partial charge in [0.05, 0.1) is 31.8 Å². The van der Waals surface area contributed by atoms with Crippen molar-refractivity contribution in [2.24, 2.45) is 0 Å². The number of likely N-dealkylation sites (N-methyl/N-ethyl adjacent to an activating group) is 1. The highest BCUT2D eigenvalue weighted by Crippen LogP contribution is 2.35. The van der Waals surface area contributed by atoms with E-state index in [4.69, 9.17) is 13.9 Å². The van der Waals surface area contributed by atoms with Crippen molar-refractivity contribution in [1.29, 1.82) is 0 Å². The highest BCUT2D eigenvalue weighted by atomic mass is 19.1. The molecule has 4 aromatic rings. The van der Waals surface area contributed by atoms with Crippen LogP contribution in [0.1, 0.15) is 17.6 Å². The highest BCUT2D eigenvalue weighted by molar-refractivity contribution is 6.03. The predicted molar refractivity (Wildman–Crippen MR) is 162 cm³/mol. The summed E-state index contributed by atoms with van der Waals surface area (Å²) in [5.41, 5.74) is 1.67. The molecule has 0 unspecified atom stereocenters. The molecule has 14 heteroatoms. The molecule has 12 nitrogen and oxygen atoms in total. The van der Waals surface area contributed by atoms with Gasteiger partial charge >= 0.3 is 5.91 Å². The molecule has 3 N–H and O–H groups in total. The Morgan fingerprint density at radius 1 is 1.02 bits per heavy atom. The first-order valence-electron chi connectivity index (χ1n) is 13.7. The van der Waals surface area contributed by atoms with Crippen LogP contribution in [0.25, 0.3) is 11.1 Å². The van der Waals surface area contributed by atoms with Crippen molar-refractivity contribution in [2.45, 2.75) is 6.92 Å². The number of nitrogens with one attached hydrogen (secondary N) is 3. The summed E-state index contributed by atoms with van der Waals surface area (Å²) in [5.74, 6) is -4.41. The van der Waals surface area contributed by atoms with Gasteiger partial charge in [-0.3, -0.25) is 9.59 Å². The van der Waals surface area contributed by atoms with Crippen molar-refractivity contribution in [3.63, 3.8) is 0 Å². The Bertz CT molecular complexity index is 1690. The number of rotatable bonds is 10. The standard InChI is InChI=1S/C30H31F2N7O5/c1-5-25(40)35-19-13-17(39-11-9-38(6-2)10-12-39)7-8-18(19)34-24-14-20-23(16-33-24)44-30(36-20)29(41)37-28-26(31)21(42-3)15-22(43-4)27(28)32/h5,7-8,13-16H,1,6,9-12H2,2-4H3,(H,33,34)(H,35,40)(H,37,41). The first-order valence-corrected chi connectivity index (χ1v) is 13.7. The average molecular weight is 608 g/mol. The van der Waals surface area contributed by atoms with Crippen molar-refractivity contribution in [3.05, 3.63) is 66.7 Å². The summed E-state index contributed by atoms with van der Waals surface area (Å²) in [6.07, 6.45) is 2.53. The zero-order valence-corrected chi connectivity index (χ0v) is 24.4. The molecule has 1 saturated heterocycles. The Morgan fingerprint density at radius 2 is 1.73 bits per heavy atom. The Kier molecular flexibility index (Phi) is 8.90. The molecule has 2 amide bonds. The molecule has 0 radical (unpaired) electrons. The third-order valence-corrected chi connectivity index (χ3v) is 7.18. The fourth-order valence-corrected chi connectivity index (χ4v) is 4.75. The molecule has 44 heavy (non-hydrogen) atoms. The zero-order valence-electron chi connectivity index (χ0n) is 24.4. The second kappa shape index (κ2) is 13.0. The number of anilines is 5. The molecule has 1 fully saturated rings. The monoisotopic (exact) mass is 607 g/mol. The molecule has 230 valence electrons. The van der Waals surface area contributed by atoms with E-state index in [0.717, 1.165) is 44.5 Å². The van der Waals surface area contributed by atoms with Gasteiger partial charge in [-0.15, -0.1) is 0 Å². The number of ether oxygens (including phenoxy) is 2. The fourth-order valence-electron chi connectivity index (χ4n) is 4.75. The number of pyridine rings is 1. The number of methoxy groups -OCH3 is 2. The molecule has 0 atom stereocenters. The lowest BCUT2D eigenvalue weighted by atomic mass is 10.2. The van der Waals surface area contributed by atoms with Crippen LogP contribution in [0.15, 0.2) is 53.6 Å². The van der Waals surface area contributed by atoms with E-state index >= 15 is 0 Å². The minimum absolute atomic E-state index is 0.159. The highest BCUT2D eigenvalue weighted by Gasteiger charge is 2.25. The molecule has 0 aliphatic carbocycles. The Hall–Kier alpha value is -5.24. The van der Waals surface area contributed by atoms with E-state index < -0.39 is 29.1 Å². The van der Waals surface area contributed by atoms with E-state index in [1.807, 2.05) is 18.2 Å². The number of aromatic nitrogens is 2. The van der Waals surface area contributed by atoms with Crippen molar-refractivity contribution >= 4 is 51.5 Å². The molecule has 5 rings (SSSR count). The largest absolute Gasteiger partial charge is 0.493 e. The number of hydrogen-bond acceptors (Lipinski definition) is 10. The minimum atomic E-state index is -1.13. The van der Waals surface area contributed by atoms with Gasteiger partial charge < -0.3 is 39.6 Å². The number of carbonyl (C=O) groups is 2. The maximum atomic E-state index is 14.7. The molecule has 3 heterocycles. The third-order valence-electron chi connectivity index (χ3n) is 7.18. The minimum Gasteiger partial charge on any atom is -0.493 e. The molecule has 0 spiro atoms. The summed E-state index contributed by atoms with van der Waals surface area (Å²) in [7, 11) is 2.39. The predicted octanol–water partition coefficient (Wildman–Crippen LogP) is 4.78. The molecule has 0 saturated carbocycles. The quantitative estimate of drug-likeness (QED) is 0.216. The van der Waals surface area contributed by atoms with Crippen LogP contribution in [0, 0.1) is 11.6 Å². The van der Waals surface area contributed by atoms with Crippen molar-refractivity contribution in [3.8, 4) is 11.5 Å². The number of hydrogen-bond donors (Lipinski definition) is 3. The van der Waals surface area contributed by atoms with Gasteiger partial charge in [0.25, 0.3) is 5.89 Å². The van der Waals surface area contributed by atoms with Crippen LogP contribution in [-0.2, 0) is 4.79 Å². The normalized spacial score (nSPS) is 13.4. The van der Waals surface area contributed by atoms with Gasteiger partial charge in [0.15, 0.2) is 28.7 Å². The van der Waals surface area contributed by atoms with Crippen LogP contribution < -0.4 is 30.3 Å². The van der Waals surface area contributed by atoms with Crippen molar-refractivity contribution < 1.29 is 32.3 Å². The SMILES string of the molecule is C=CC(=O)Nc1cc(N2CCN(CC)CC2)ccc1Nc1cc2nc(C(=O)Nc3c(F)c(OC)cc(OC)c3F)oc2cn1. The van der Waals surface area contributed by atoms with E-state index in [2.05, 4.69) is 49.2 Å². The van der Waals surface area contributed by atoms with Gasteiger partial charge in [0, 0.05) is 44.0 Å². The van der Waals surface area contributed by atoms with Crippen LogP contribution in [0.4, 0.5) is 37.3 Å². The first kappa shape index (κ1) is 30.2. The lowest BCUT2D eigenvalue weighted by Crippen LogP contribution is -2.46. The van der Waals surface area contributed by atoms with Gasteiger partial charge in [-0.05, 0) is 30.8 Å². The van der Waals surface area contributed by atoms with Crippen LogP contribution in [0.2, 0.25) is 0 Å². The van der Waals surface area contributed by atoms with E-state index in [0.29, 0.717) is 17.2 Å². The van der Waals surface area contributed by atoms with E-state index in [1.165, 1.54) is 32.6 Å². The Balaban J connectivity index is 1.38. The second-order valence-corrected chi connectivity index (χ2v) is 9.76. The molecule has 2 aromatic carbocycles. The average Bonchev–Trinajstić information content (AvgIpc) is 3.47. The maximum Gasteiger partial charge on any atom is 0.311 e. The summed E-state index contributed by atoms with van der Waals surface area (Å²) in [6.45, 7) is 10.3. The number of benzene rings is 2. The summed E-state index contributed by atoms with van der Waals surface area (Å²) in [5, 5.41) is 8.13. The van der Waals surface area contributed by atoms with Gasteiger partial charge in [0.1, 0.15) is 17.0 Å². The Morgan fingerprint density at radius 3 is 2.36 bits per heavy atom. The summed E-state index contributed by atoms with van der Waals surface area (Å²) in [4.78, 5) is 38.2. The second-order valence-electron chi connectivity index (χ2n) is 9.76. The molecule has 0 bridgehead atoms. The van der Waals surface area contributed by atoms with E-state index in [9.17, 15) is 18.4 Å². The number of nitrogens with zero attached hydrogens (tertiary/aromatic N) is 4. The van der Waals surface area contributed by atoms with E-state index in [1.54, 1.807) is 0 Å². The number of amides is 2. The Labute approximate surface area is 251 Å². The lowest BCUT2D eigenvalue weighted by molar-refractivity contribution is -0.111. The van der Waals surface area contributed by atoms with Crippen LogP contribution in [-0.4, -0.2) is 73.6 Å². The lowest BCUT2D eigenvalue weighted by Gasteiger charge is -2.35. The number of oxazole rings is 1. The van der Waals surface area contributed by atoms with Gasteiger partial charge in [-0.25, -0.2) is 18.7 Å². The number of piperazine rings is 1. The molecule has 1 aliphatic rings. The van der Waals surface area contributed by atoms with Gasteiger partial charge in [-0.1, -0.05) is 13.5 Å². The van der Waals surface area contributed by atoms with Gasteiger partial charge in [-0.2, -0.15) is 0 Å². The van der Waals surface area contributed by atoms with Crippen LogP contribution in [0.5, 0.6) is 11.5 Å². The number of carbonyl (C=O) groups excluding carboxylic acids is 2.